The molecule has 1 aromatic heterocycles. The third-order valence-corrected chi connectivity index (χ3v) is 5.59. The van der Waals surface area contributed by atoms with Crippen LogP contribution in [0.15, 0.2) is 21.8 Å². The Balaban J connectivity index is 1.40. The summed E-state index contributed by atoms with van der Waals surface area (Å²) in [6.07, 6.45) is 4.05. The molecule has 0 aliphatic carbocycles. The van der Waals surface area contributed by atoms with Crippen molar-refractivity contribution in [1.82, 2.24) is 30.1 Å². The molecule has 0 unspecified atom stereocenters. The molecule has 0 saturated carbocycles. The third kappa shape index (κ3) is 6.76. The summed E-state index contributed by atoms with van der Waals surface area (Å²) in [5.41, 5.74) is 1.01. The van der Waals surface area contributed by atoms with Gasteiger partial charge in [0.1, 0.15) is 6.26 Å². The molecule has 8 nitrogen and oxygen atoms in total. The molecule has 2 aliphatic heterocycles. The first-order chi connectivity index (χ1) is 13.7. The van der Waals surface area contributed by atoms with Crippen LogP contribution in [0.2, 0.25) is 0 Å². The zero-order valence-electron chi connectivity index (χ0n) is 17.6. The van der Waals surface area contributed by atoms with E-state index in [-0.39, 0.29) is 0 Å². The maximum Gasteiger partial charge on any atom is 0.194 e. The maximum absolute atomic E-state index is 4.94. The van der Waals surface area contributed by atoms with Gasteiger partial charge in [0, 0.05) is 65.0 Å². The van der Waals surface area contributed by atoms with Crippen LogP contribution in [0.1, 0.15) is 25.5 Å². The molecule has 0 atom stereocenters. The summed E-state index contributed by atoms with van der Waals surface area (Å²) < 4.78 is 4.94. The molecule has 158 valence electrons. The fourth-order valence-electron chi connectivity index (χ4n) is 3.89. The van der Waals surface area contributed by atoms with Crippen molar-refractivity contribution in [1.29, 1.82) is 0 Å². The van der Waals surface area contributed by atoms with E-state index in [9.17, 15) is 0 Å². The van der Waals surface area contributed by atoms with E-state index < -0.39 is 0 Å². The van der Waals surface area contributed by atoms with Crippen LogP contribution in [0.5, 0.6) is 0 Å². The summed E-state index contributed by atoms with van der Waals surface area (Å²) in [4.78, 5) is 14.8. The van der Waals surface area contributed by atoms with Gasteiger partial charge in [-0.1, -0.05) is 5.16 Å². The van der Waals surface area contributed by atoms with Crippen LogP contribution in [0.3, 0.4) is 0 Å². The molecule has 0 spiro atoms. The van der Waals surface area contributed by atoms with Crippen molar-refractivity contribution >= 4 is 5.96 Å². The van der Waals surface area contributed by atoms with E-state index in [2.05, 4.69) is 44.0 Å². The van der Waals surface area contributed by atoms with Gasteiger partial charge in [0.05, 0.1) is 5.69 Å². The molecule has 2 fully saturated rings. The average Bonchev–Trinajstić information content (AvgIpc) is 3.12. The van der Waals surface area contributed by atoms with E-state index in [0.717, 1.165) is 70.4 Å². The number of guanidine groups is 1. The quantitative estimate of drug-likeness (QED) is 0.419. The Hall–Kier alpha value is -1.64. The van der Waals surface area contributed by atoms with E-state index in [1.165, 1.54) is 32.6 Å². The van der Waals surface area contributed by atoms with Crippen molar-refractivity contribution in [3.05, 3.63) is 18.0 Å². The minimum absolute atomic E-state index is 0.864. The van der Waals surface area contributed by atoms with Gasteiger partial charge in [0.2, 0.25) is 0 Å². The Morgan fingerprint density at radius 1 is 1.11 bits per heavy atom. The Bertz CT molecular complexity index is 569. The Morgan fingerprint density at radius 3 is 2.68 bits per heavy atom. The topological polar surface area (TPSA) is 63.4 Å². The zero-order valence-corrected chi connectivity index (χ0v) is 17.6. The number of nitrogens with zero attached hydrogens (tertiary/aromatic N) is 6. The van der Waals surface area contributed by atoms with Crippen LogP contribution in [-0.2, 0) is 6.54 Å². The lowest BCUT2D eigenvalue weighted by molar-refractivity contribution is 0.169. The summed E-state index contributed by atoms with van der Waals surface area (Å²) in [6, 6.07) is 1.94. The number of nitrogens with one attached hydrogen (secondary N) is 1. The number of aromatic nitrogens is 1. The highest BCUT2D eigenvalue weighted by atomic mass is 16.5. The second-order valence-corrected chi connectivity index (χ2v) is 7.84. The zero-order chi connectivity index (χ0) is 19.6. The van der Waals surface area contributed by atoms with Crippen LogP contribution < -0.4 is 5.32 Å². The van der Waals surface area contributed by atoms with Gasteiger partial charge < -0.3 is 24.5 Å². The van der Waals surface area contributed by atoms with Gasteiger partial charge in [-0.25, -0.2) is 0 Å². The standard InChI is InChI=1S/C20H37N7O/c1-3-21-20(22-7-4-9-25-10-5-8-24(2)11-12-25)27-15-13-26(14-16-27)18-19-6-17-28-23-19/h6,17H,3-5,7-16,18H2,1-2H3,(H,21,22). The van der Waals surface area contributed by atoms with E-state index in [1.54, 1.807) is 6.26 Å². The largest absolute Gasteiger partial charge is 0.364 e. The predicted octanol–water partition coefficient (Wildman–Crippen LogP) is 0.785. The number of piperazine rings is 1. The molecule has 1 aromatic rings. The first kappa shape index (κ1) is 21.1. The Labute approximate surface area is 169 Å². The Kier molecular flexibility index (Phi) is 8.57. The van der Waals surface area contributed by atoms with Crippen LogP contribution in [0.4, 0.5) is 0 Å². The van der Waals surface area contributed by atoms with E-state index in [1.807, 2.05) is 6.07 Å². The van der Waals surface area contributed by atoms with Crippen molar-refractivity contribution in [2.24, 2.45) is 4.99 Å². The third-order valence-electron chi connectivity index (χ3n) is 5.59. The molecular weight excluding hydrogens is 354 g/mol. The summed E-state index contributed by atoms with van der Waals surface area (Å²) in [7, 11) is 2.22. The van der Waals surface area contributed by atoms with Crippen molar-refractivity contribution in [3.8, 4) is 0 Å². The van der Waals surface area contributed by atoms with E-state index in [4.69, 9.17) is 9.52 Å². The van der Waals surface area contributed by atoms with Gasteiger partial charge in [-0.15, -0.1) is 0 Å². The molecular formula is C20H37N7O. The number of likely N-dealkylation sites (N-methyl/N-ethyl adjacent to an activating group) is 1. The first-order valence-electron chi connectivity index (χ1n) is 10.8. The minimum Gasteiger partial charge on any atom is -0.364 e. The van der Waals surface area contributed by atoms with Gasteiger partial charge in [0.25, 0.3) is 0 Å². The van der Waals surface area contributed by atoms with Gasteiger partial charge >= 0.3 is 0 Å². The molecule has 8 heteroatoms. The summed E-state index contributed by atoms with van der Waals surface area (Å²) in [5.74, 6) is 1.07. The average molecular weight is 392 g/mol. The second kappa shape index (κ2) is 11.4. The Morgan fingerprint density at radius 2 is 1.93 bits per heavy atom. The fourth-order valence-corrected chi connectivity index (χ4v) is 3.89. The smallest absolute Gasteiger partial charge is 0.194 e. The SMILES string of the molecule is CCNC(=NCCCN1CCCN(C)CC1)N1CCN(Cc2ccon2)CC1. The van der Waals surface area contributed by atoms with Gasteiger partial charge in [-0.05, 0) is 46.4 Å². The molecule has 0 bridgehead atoms. The molecule has 3 heterocycles. The monoisotopic (exact) mass is 391 g/mol. The van der Waals surface area contributed by atoms with Crippen molar-refractivity contribution < 1.29 is 4.52 Å². The molecule has 0 radical (unpaired) electrons. The number of rotatable bonds is 7. The summed E-state index contributed by atoms with van der Waals surface area (Å²) in [5, 5.41) is 7.50. The highest BCUT2D eigenvalue weighted by molar-refractivity contribution is 5.80. The highest BCUT2D eigenvalue weighted by Crippen LogP contribution is 2.08. The van der Waals surface area contributed by atoms with E-state index >= 15 is 0 Å². The lowest BCUT2D eigenvalue weighted by atomic mass is 10.3. The van der Waals surface area contributed by atoms with Crippen molar-refractivity contribution in [2.45, 2.75) is 26.3 Å². The van der Waals surface area contributed by atoms with Crippen LogP contribution >= 0.6 is 0 Å². The second-order valence-electron chi connectivity index (χ2n) is 7.84. The van der Waals surface area contributed by atoms with E-state index in [0.29, 0.717) is 0 Å². The van der Waals surface area contributed by atoms with Gasteiger partial charge in [0.15, 0.2) is 5.96 Å². The van der Waals surface area contributed by atoms with Crippen LogP contribution in [0, 0.1) is 0 Å². The molecule has 2 aliphatic rings. The summed E-state index contributed by atoms with van der Waals surface area (Å²) in [6.45, 7) is 14.8. The van der Waals surface area contributed by atoms with Crippen molar-refractivity contribution in [2.75, 3.05) is 79.0 Å². The highest BCUT2D eigenvalue weighted by Gasteiger charge is 2.20. The fraction of sp³-hybridized carbons (Fsp3) is 0.800. The summed E-state index contributed by atoms with van der Waals surface area (Å²) >= 11 is 0. The number of hydrogen-bond donors (Lipinski definition) is 1. The van der Waals surface area contributed by atoms with Crippen molar-refractivity contribution in [3.63, 3.8) is 0 Å². The normalized spacial score (nSPS) is 21.1. The molecule has 3 rings (SSSR count). The first-order valence-corrected chi connectivity index (χ1v) is 10.8. The van der Waals surface area contributed by atoms with Crippen LogP contribution in [-0.4, -0.2) is 110 Å². The molecule has 2 saturated heterocycles. The number of hydrogen-bond acceptors (Lipinski definition) is 6. The lowest BCUT2D eigenvalue weighted by Gasteiger charge is -2.36. The number of aliphatic imine (C=N–C) groups is 1. The van der Waals surface area contributed by atoms with Crippen LogP contribution in [0.25, 0.3) is 0 Å². The van der Waals surface area contributed by atoms with Gasteiger partial charge in [-0.2, -0.15) is 0 Å². The maximum atomic E-state index is 4.94. The molecule has 0 amide bonds. The molecule has 1 N–H and O–H groups in total. The predicted molar refractivity (Wildman–Crippen MR) is 113 cm³/mol. The molecule has 28 heavy (non-hydrogen) atoms. The lowest BCUT2D eigenvalue weighted by Crippen LogP contribution is -2.52. The minimum atomic E-state index is 0.864. The van der Waals surface area contributed by atoms with Gasteiger partial charge in [-0.3, -0.25) is 9.89 Å². The molecule has 0 aromatic carbocycles.